The van der Waals surface area contributed by atoms with Crippen molar-refractivity contribution in [1.29, 1.82) is 0 Å². The van der Waals surface area contributed by atoms with Crippen LogP contribution in [-0.2, 0) is 0 Å². The molecule has 3 N–H and O–H groups in total. The summed E-state index contributed by atoms with van der Waals surface area (Å²) in [6, 6.07) is 15.1. The van der Waals surface area contributed by atoms with Crippen LogP contribution in [0.5, 0.6) is 0 Å². The summed E-state index contributed by atoms with van der Waals surface area (Å²) < 4.78 is 0. The van der Waals surface area contributed by atoms with Crippen molar-refractivity contribution < 1.29 is 4.79 Å². The summed E-state index contributed by atoms with van der Waals surface area (Å²) in [5, 5.41) is 3.68. The fourth-order valence-corrected chi connectivity index (χ4v) is 4.06. The van der Waals surface area contributed by atoms with Gasteiger partial charge in [0.25, 0.3) is 5.91 Å². The van der Waals surface area contributed by atoms with E-state index in [1.165, 1.54) is 25.7 Å². The number of carbonyl (C=O) groups excluding carboxylic acids is 1. The van der Waals surface area contributed by atoms with E-state index in [0.29, 0.717) is 16.5 Å². The number of nitrogens with two attached hydrogens (primary N) is 1. The summed E-state index contributed by atoms with van der Waals surface area (Å²) in [7, 11) is 0. The lowest BCUT2D eigenvalue weighted by atomic mass is 10.2. The molecule has 0 unspecified atom stereocenters. The molecule has 5 heteroatoms. The minimum atomic E-state index is -0.119. The van der Waals surface area contributed by atoms with Crippen LogP contribution in [0.2, 0.25) is 0 Å². The molecule has 0 heterocycles. The molecule has 1 saturated carbocycles. The van der Waals surface area contributed by atoms with Crippen molar-refractivity contribution in [3.05, 3.63) is 54.1 Å². The Bertz CT molecular complexity index is 672. The number of carbonyl (C=O) groups is 1. The maximum Gasteiger partial charge on any atom is 0.255 e. The SMILES string of the molecule is Cl.Nc1cccc(C(=O)Nc2ccccc2SC2CCCC2)c1. The Kier molecular flexibility index (Phi) is 6.37. The highest BCUT2D eigenvalue weighted by atomic mass is 35.5. The third kappa shape index (κ3) is 4.66. The second-order valence-corrected chi connectivity index (χ2v) is 6.94. The molecule has 1 amide bonds. The van der Waals surface area contributed by atoms with Gasteiger partial charge in [-0.3, -0.25) is 4.79 Å². The molecule has 0 saturated heterocycles. The third-order valence-electron chi connectivity index (χ3n) is 3.88. The lowest BCUT2D eigenvalue weighted by molar-refractivity contribution is 0.102. The molecule has 1 aliphatic carbocycles. The van der Waals surface area contributed by atoms with Crippen LogP contribution in [0.15, 0.2) is 53.4 Å². The van der Waals surface area contributed by atoms with E-state index in [1.54, 1.807) is 24.3 Å². The molecule has 0 aromatic heterocycles. The highest BCUT2D eigenvalue weighted by molar-refractivity contribution is 8.00. The molecule has 3 nitrogen and oxygen atoms in total. The Hall–Kier alpha value is -1.65. The summed E-state index contributed by atoms with van der Waals surface area (Å²) in [5.74, 6) is -0.119. The van der Waals surface area contributed by atoms with Crippen molar-refractivity contribution >= 4 is 41.5 Å². The van der Waals surface area contributed by atoms with Crippen molar-refractivity contribution in [3.63, 3.8) is 0 Å². The van der Waals surface area contributed by atoms with Crippen molar-refractivity contribution in [2.24, 2.45) is 0 Å². The molecule has 3 rings (SSSR count). The number of benzene rings is 2. The van der Waals surface area contributed by atoms with Crippen molar-refractivity contribution in [2.75, 3.05) is 11.1 Å². The van der Waals surface area contributed by atoms with Crippen LogP contribution in [-0.4, -0.2) is 11.2 Å². The lowest BCUT2D eigenvalue weighted by Crippen LogP contribution is -2.13. The largest absolute Gasteiger partial charge is 0.399 e. The lowest BCUT2D eigenvalue weighted by Gasteiger charge is -2.14. The van der Waals surface area contributed by atoms with Crippen LogP contribution >= 0.6 is 24.2 Å². The highest BCUT2D eigenvalue weighted by Gasteiger charge is 2.18. The zero-order valence-corrected chi connectivity index (χ0v) is 14.5. The monoisotopic (exact) mass is 348 g/mol. The Balaban J connectivity index is 0.00000192. The van der Waals surface area contributed by atoms with Crippen LogP contribution in [0.4, 0.5) is 11.4 Å². The zero-order chi connectivity index (χ0) is 15.4. The van der Waals surface area contributed by atoms with Gasteiger partial charge in [-0.2, -0.15) is 0 Å². The molecule has 122 valence electrons. The van der Waals surface area contributed by atoms with Crippen LogP contribution in [0, 0.1) is 0 Å². The first kappa shape index (κ1) is 17.7. The predicted molar refractivity (Wildman–Crippen MR) is 101 cm³/mol. The number of halogens is 1. The van der Waals surface area contributed by atoms with Gasteiger partial charge in [-0.1, -0.05) is 31.0 Å². The van der Waals surface area contributed by atoms with Gasteiger partial charge in [0.2, 0.25) is 0 Å². The number of anilines is 2. The first-order chi connectivity index (χ1) is 10.7. The van der Waals surface area contributed by atoms with Gasteiger partial charge in [-0.05, 0) is 43.2 Å². The fraction of sp³-hybridized carbons (Fsp3) is 0.278. The highest BCUT2D eigenvalue weighted by Crippen LogP contribution is 2.38. The Morgan fingerprint density at radius 2 is 1.83 bits per heavy atom. The maximum absolute atomic E-state index is 12.4. The molecule has 1 fully saturated rings. The molecular formula is C18H21ClN2OS. The first-order valence-corrected chi connectivity index (χ1v) is 8.53. The van der Waals surface area contributed by atoms with Gasteiger partial charge >= 0.3 is 0 Å². The molecule has 0 aliphatic heterocycles. The number of para-hydroxylation sites is 1. The van der Waals surface area contributed by atoms with Gasteiger partial charge in [0.1, 0.15) is 0 Å². The summed E-state index contributed by atoms with van der Waals surface area (Å²) in [5.41, 5.74) is 7.81. The van der Waals surface area contributed by atoms with Crippen LogP contribution in [0.25, 0.3) is 0 Å². The van der Waals surface area contributed by atoms with E-state index in [2.05, 4.69) is 11.4 Å². The van der Waals surface area contributed by atoms with E-state index in [-0.39, 0.29) is 18.3 Å². The van der Waals surface area contributed by atoms with E-state index >= 15 is 0 Å². The van der Waals surface area contributed by atoms with Crippen LogP contribution in [0.3, 0.4) is 0 Å². The van der Waals surface area contributed by atoms with Crippen molar-refractivity contribution in [3.8, 4) is 0 Å². The van der Waals surface area contributed by atoms with Crippen molar-refractivity contribution in [1.82, 2.24) is 0 Å². The summed E-state index contributed by atoms with van der Waals surface area (Å²) in [6.45, 7) is 0. The number of hydrogen-bond acceptors (Lipinski definition) is 3. The molecule has 0 bridgehead atoms. The molecule has 0 spiro atoms. The average molecular weight is 349 g/mol. The van der Waals surface area contributed by atoms with Gasteiger partial charge in [0, 0.05) is 21.4 Å². The van der Waals surface area contributed by atoms with Crippen LogP contribution in [0.1, 0.15) is 36.0 Å². The first-order valence-electron chi connectivity index (χ1n) is 7.65. The molecule has 2 aromatic carbocycles. The molecule has 1 aliphatic rings. The molecule has 2 aromatic rings. The minimum Gasteiger partial charge on any atom is -0.399 e. The van der Waals surface area contributed by atoms with Gasteiger partial charge in [0.15, 0.2) is 0 Å². The Morgan fingerprint density at radius 3 is 2.57 bits per heavy atom. The number of hydrogen-bond donors (Lipinski definition) is 2. The van der Waals surface area contributed by atoms with Gasteiger partial charge in [0.05, 0.1) is 5.69 Å². The van der Waals surface area contributed by atoms with Crippen molar-refractivity contribution in [2.45, 2.75) is 35.8 Å². The van der Waals surface area contributed by atoms with E-state index in [0.717, 1.165) is 10.6 Å². The van der Waals surface area contributed by atoms with E-state index in [9.17, 15) is 4.79 Å². The van der Waals surface area contributed by atoms with Gasteiger partial charge in [-0.15, -0.1) is 24.2 Å². The Labute approximate surface area is 147 Å². The number of rotatable bonds is 4. The number of nitrogen functional groups attached to an aromatic ring is 1. The molecular weight excluding hydrogens is 328 g/mol. The molecule has 0 atom stereocenters. The standard InChI is InChI=1S/C18H20N2OS.ClH/c19-14-7-5-6-13(12-14)18(21)20-16-10-3-4-11-17(16)22-15-8-1-2-9-15;/h3-7,10-12,15H,1-2,8-9,19H2,(H,20,21);1H. The smallest absolute Gasteiger partial charge is 0.255 e. The van der Waals surface area contributed by atoms with Gasteiger partial charge in [-0.25, -0.2) is 0 Å². The van der Waals surface area contributed by atoms with E-state index in [1.807, 2.05) is 30.0 Å². The predicted octanol–water partition coefficient (Wildman–Crippen LogP) is 4.98. The molecule has 0 radical (unpaired) electrons. The fourth-order valence-electron chi connectivity index (χ4n) is 2.73. The summed E-state index contributed by atoms with van der Waals surface area (Å²) in [6.07, 6.45) is 5.16. The maximum atomic E-state index is 12.4. The number of thioether (sulfide) groups is 1. The van der Waals surface area contributed by atoms with Crippen LogP contribution < -0.4 is 11.1 Å². The normalized spacial score (nSPS) is 14.3. The summed E-state index contributed by atoms with van der Waals surface area (Å²) >= 11 is 1.88. The third-order valence-corrected chi connectivity index (χ3v) is 5.29. The quantitative estimate of drug-likeness (QED) is 0.766. The topological polar surface area (TPSA) is 55.1 Å². The zero-order valence-electron chi connectivity index (χ0n) is 12.8. The van der Waals surface area contributed by atoms with E-state index in [4.69, 9.17) is 5.73 Å². The second kappa shape index (κ2) is 8.27. The number of nitrogens with one attached hydrogen (secondary N) is 1. The number of amides is 1. The molecule has 23 heavy (non-hydrogen) atoms. The Morgan fingerprint density at radius 1 is 1.09 bits per heavy atom. The second-order valence-electron chi connectivity index (χ2n) is 5.60. The van der Waals surface area contributed by atoms with Gasteiger partial charge < -0.3 is 11.1 Å². The minimum absolute atomic E-state index is 0. The summed E-state index contributed by atoms with van der Waals surface area (Å²) in [4.78, 5) is 13.5. The average Bonchev–Trinajstić information content (AvgIpc) is 3.02. The van der Waals surface area contributed by atoms with E-state index < -0.39 is 0 Å².